The topological polar surface area (TPSA) is 58.6 Å². The van der Waals surface area contributed by atoms with E-state index in [1.807, 2.05) is 12.1 Å². The van der Waals surface area contributed by atoms with Crippen LogP contribution < -0.4 is 10.2 Å². The third kappa shape index (κ3) is 4.55. The van der Waals surface area contributed by atoms with Crippen molar-refractivity contribution in [2.75, 3.05) is 37.7 Å². The van der Waals surface area contributed by atoms with Crippen molar-refractivity contribution in [1.82, 2.24) is 5.32 Å². The molecule has 1 N–H and O–H groups in total. The first-order chi connectivity index (χ1) is 12.5. The number of Topliss-reactive ketones (excluding diaryl/α,β-unsaturated/α-hetero) is 1. The number of carbonyl (C=O) groups excluding carboxylic acids is 2. The van der Waals surface area contributed by atoms with Crippen molar-refractivity contribution < 1.29 is 14.3 Å². The van der Waals surface area contributed by atoms with E-state index in [1.54, 1.807) is 24.3 Å². The molecule has 0 bridgehead atoms. The Morgan fingerprint density at radius 3 is 2.27 bits per heavy atom. The number of anilines is 1. The fourth-order valence-electron chi connectivity index (χ4n) is 2.68. The minimum absolute atomic E-state index is 0.0873. The number of ketones is 1. The van der Waals surface area contributed by atoms with Crippen LogP contribution in [0.25, 0.3) is 0 Å². The molecule has 0 aromatic heterocycles. The monoisotopic (exact) mass is 392 g/mol. The van der Waals surface area contributed by atoms with Crippen LogP contribution in [0.3, 0.4) is 0 Å². The molecule has 1 heterocycles. The molecule has 0 unspecified atom stereocenters. The van der Waals surface area contributed by atoms with Crippen LogP contribution in [0.15, 0.2) is 42.5 Å². The van der Waals surface area contributed by atoms with E-state index in [2.05, 4.69) is 10.2 Å². The molecule has 3 rings (SSSR count). The molecule has 0 radical (unpaired) electrons. The summed E-state index contributed by atoms with van der Waals surface area (Å²) < 4.78 is 5.34. The van der Waals surface area contributed by atoms with E-state index in [0.29, 0.717) is 34.4 Å². The molecule has 1 fully saturated rings. The lowest BCUT2D eigenvalue weighted by Crippen LogP contribution is -2.36. The highest BCUT2D eigenvalue weighted by atomic mass is 35.5. The van der Waals surface area contributed by atoms with Crippen molar-refractivity contribution in [3.8, 4) is 0 Å². The second-order valence-electron chi connectivity index (χ2n) is 5.88. The fraction of sp³-hybridized carbons (Fsp3) is 0.263. The molecule has 2 aromatic carbocycles. The van der Waals surface area contributed by atoms with Crippen LogP contribution in [-0.2, 0) is 4.74 Å². The third-order valence-electron chi connectivity index (χ3n) is 4.16. The summed E-state index contributed by atoms with van der Waals surface area (Å²) >= 11 is 11.7. The number of nitrogens with one attached hydrogen (secondary N) is 1. The Hall–Kier alpha value is -2.08. The van der Waals surface area contributed by atoms with Crippen molar-refractivity contribution in [1.29, 1.82) is 0 Å². The van der Waals surface area contributed by atoms with Crippen molar-refractivity contribution >= 4 is 40.6 Å². The third-order valence-corrected chi connectivity index (χ3v) is 4.90. The highest BCUT2D eigenvalue weighted by Crippen LogP contribution is 2.22. The number of amides is 1. The summed E-state index contributed by atoms with van der Waals surface area (Å²) in [5.74, 6) is -0.534. The van der Waals surface area contributed by atoms with E-state index in [-0.39, 0.29) is 18.2 Å². The second-order valence-corrected chi connectivity index (χ2v) is 6.70. The summed E-state index contributed by atoms with van der Waals surface area (Å²) in [4.78, 5) is 26.6. The Bertz CT molecular complexity index is 803. The number of ether oxygens (including phenoxy) is 1. The first kappa shape index (κ1) is 18.7. The summed E-state index contributed by atoms with van der Waals surface area (Å²) in [5, 5.41) is 3.28. The Morgan fingerprint density at radius 2 is 1.62 bits per heavy atom. The van der Waals surface area contributed by atoms with Crippen molar-refractivity contribution in [3.63, 3.8) is 0 Å². The van der Waals surface area contributed by atoms with Gasteiger partial charge in [0.15, 0.2) is 5.78 Å². The van der Waals surface area contributed by atoms with Gasteiger partial charge < -0.3 is 15.0 Å². The molecule has 0 saturated carbocycles. The number of hydrogen-bond acceptors (Lipinski definition) is 4. The fourth-order valence-corrected chi connectivity index (χ4v) is 2.98. The molecule has 0 atom stereocenters. The van der Waals surface area contributed by atoms with Crippen molar-refractivity contribution in [2.45, 2.75) is 0 Å². The predicted octanol–water partition coefficient (Wildman–Crippen LogP) is 3.44. The number of rotatable bonds is 5. The van der Waals surface area contributed by atoms with Crippen LogP contribution in [0.4, 0.5) is 5.69 Å². The maximum absolute atomic E-state index is 12.3. The largest absolute Gasteiger partial charge is 0.378 e. The van der Waals surface area contributed by atoms with Crippen molar-refractivity contribution in [3.05, 3.63) is 63.6 Å². The standard InChI is InChI=1S/C19H18Cl2N2O3/c20-16-6-3-14(11-17(16)21)19(25)22-12-18(24)13-1-4-15(5-2-13)23-7-9-26-10-8-23/h1-6,11H,7-10,12H2,(H,22,25). The molecule has 2 aromatic rings. The maximum Gasteiger partial charge on any atom is 0.251 e. The number of hydrogen-bond donors (Lipinski definition) is 1. The predicted molar refractivity (Wildman–Crippen MR) is 103 cm³/mol. The van der Waals surface area contributed by atoms with Crippen molar-refractivity contribution in [2.24, 2.45) is 0 Å². The zero-order chi connectivity index (χ0) is 18.5. The molecular formula is C19H18Cl2N2O3. The van der Waals surface area contributed by atoms with Gasteiger partial charge in [0.05, 0.1) is 29.8 Å². The highest BCUT2D eigenvalue weighted by Gasteiger charge is 2.14. The Kier molecular flexibility index (Phi) is 6.14. The lowest BCUT2D eigenvalue weighted by Gasteiger charge is -2.28. The quantitative estimate of drug-likeness (QED) is 0.791. The molecule has 1 saturated heterocycles. The Morgan fingerprint density at radius 1 is 0.962 bits per heavy atom. The molecule has 136 valence electrons. The van der Waals surface area contributed by atoms with Gasteiger partial charge in [0, 0.05) is 29.9 Å². The van der Waals surface area contributed by atoms with Crippen LogP contribution in [0.2, 0.25) is 10.0 Å². The summed E-state index contributed by atoms with van der Waals surface area (Å²) in [6.07, 6.45) is 0. The average Bonchev–Trinajstić information content (AvgIpc) is 2.68. The zero-order valence-corrected chi connectivity index (χ0v) is 15.5. The summed E-state index contributed by atoms with van der Waals surface area (Å²) in [6, 6.07) is 12.0. The number of morpholine rings is 1. The SMILES string of the molecule is O=C(CNC(=O)c1ccc(Cl)c(Cl)c1)c1ccc(N2CCOCC2)cc1. The first-order valence-electron chi connectivity index (χ1n) is 8.24. The van der Waals surface area contributed by atoms with Gasteiger partial charge >= 0.3 is 0 Å². The second kappa shape index (κ2) is 8.54. The van der Waals surface area contributed by atoms with E-state index in [0.717, 1.165) is 18.8 Å². The Balaban J connectivity index is 1.57. The molecule has 1 amide bonds. The van der Waals surface area contributed by atoms with Crippen LogP contribution in [0.5, 0.6) is 0 Å². The number of halogens is 2. The molecule has 1 aliphatic heterocycles. The average molecular weight is 393 g/mol. The smallest absolute Gasteiger partial charge is 0.251 e. The van der Waals surface area contributed by atoms with Crippen LogP contribution >= 0.6 is 23.2 Å². The van der Waals surface area contributed by atoms with E-state index in [1.165, 1.54) is 6.07 Å². The lowest BCUT2D eigenvalue weighted by molar-refractivity contribution is 0.0904. The first-order valence-corrected chi connectivity index (χ1v) is 8.99. The Labute approximate surface area is 161 Å². The van der Waals surface area contributed by atoms with Gasteiger partial charge in [-0.1, -0.05) is 23.2 Å². The molecule has 0 spiro atoms. The van der Waals surface area contributed by atoms with Gasteiger partial charge in [-0.2, -0.15) is 0 Å². The molecule has 26 heavy (non-hydrogen) atoms. The van der Waals surface area contributed by atoms with Crippen LogP contribution in [-0.4, -0.2) is 44.5 Å². The van der Waals surface area contributed by atoms with E-state index < -0.39 is 0 Å². The number of benzene rings is 2. The van der Waals surface area contributed by atoms with Crippen LogP contribution in [0.1, 0.15) is 20.7 Å². The minimum Gasteiger partial charge on any atom is -0.378 e. The summed E-state index contributed by atoms with van der Waals surface area (Å²) in [7, 11) is 0. The molecule has 5 nitrogen and oxygen atoms in total. The van der Waals surface area contributed by atoms with Gasteiger partial charge in [0.25, 0.3) is 5.91 Å². The van der Waals surface area contributed by atoms with Gasteiger partial charge in [0.2, 0.25) is 0 Å². The highest BCUT2D eigenvalue weighted by molar-refractivity contribution is 6.42. The molecule has 1 aliphatic rings. The minimum atomic E-state index is -0.373. The summed E-state index contributed by atoms with van der Waals surface area (Å²) in [6.45, 7) is 3.01. The lowest BCUT2D eigenvalue weighted by atomic mass is 10.1. The number of nitrogens with zero attached hydrogens (tertiary/aromatic N) is 1. The molecule has 7 heteroatoms. The van der Waals surface area contributed by atoms with Gasteiger partial charge in [-0.3, -0.25) is 9.59 Å². The normalized spacial score (nSPS) is 14.2. The number of carbonyl (C=O) groups is 2. The van der Waals surface area contributed by atoms with Gasteiger partial charge in [-0.25, -0.2) is 0 Å². The summed E-state index contributed by atoms with van der Waals surface area (Å²) in [5.41, 5.74) is 1.97. The maximum atomic E-state index is 12.3. The van der Waals surface area contributed by atoms with Crippen LogP contribution in [0, 0.1) is 0 Å². The van der Waals surface area contributed by atoms with Gasteiger partial charge in [0.1, 0.15) is 0 Å². The van der Waals surface area contributed by atoms with E-state index in [9.17, 15) is 9.59 Å². The van der Waals surface area contributed by atoms with E-state index in [4.69, 9.17) is 27.9 Å². The van der Waals surface area contributed by atoms with Gasteiger partial charge in [-0.15, -0.1) is 0 Å². The van der Waals surface area contributed by atoms with Gasteiger partial charge in [-0.05, 0) is 42.5 Å². The van der Waals surface area contributed by atoms with E-state index >= 15 is 0 Å². The molecule has 0 aliphatic carbocycles. The molecular weight excluding hydrogens is 375 g/mol. The zero-order valence-electron chi connectivity index (χ0n) is 14.0.